The fraction of sp³-hybridized carbons (Fsp3) is 0.118. The van der Waals surface area contributed by atoms with Crippen LogP contribution in [0.3, 0.4) is 0 Å². The van der Waals surface area contributed by atoms with E-state index in [4.69, 9.17) is 16.3 Å². The molecule has 0 spiro atoms. The zero-order chi connectivity index (χ0) is 16.9. The van der Waals surface area contributed by atoms with Crippen molar-refractivity contribution in [3.8, 4) is 11.5 Å². The Morgan fingerprint density at radius 3 is 2.67 bits per heavy atom. The molecule has 5 nitrogen and oxygen atoms in total. The van der Waals surface area contributed by atoms with E-state index in [9.17, 15) is 4.79 Å². The summed E-state index contributed by atoms with van der Waals surface area (Å²) < 4.78 is 9.54. The standard InChI is InChI=1S/C17H14ClN3O2S/c1-2-14-16(24-21-20-14)17(22)19-11-7-9-12(10-8-11)23-15-6-4-3-5-13(15)18/h3-10H,2H2,1H3,(H,19,22). The summed E-state index contributed by atoms with van der Waals surface area (Å²) in [5.41, 5.74) is 1.37. The molecular formula is C17H14ClN3O2S. The third kappa shape index (κ3) is 3.72. The van der Waals surface area contributed by atoms with Crippen LogP contribution in [0.1, 0.15) is 22.3 Å². The molecule has 0 unspecified atom stereocenters. The summed E-state index contributed by atoms with van der Waals surface area (Å²) in [7, 11) is 0. The number of ether oxygens (including phenoxy) is 1. The van der Waals surface area contributed by atoms with Crippen LogP contribution in [0.2, 0.25) is 5.02 Å². The number of benzene rings is 2. The molecule has 1 amide bonds. The van der Waals surface area contributed by atoms with E-state index in [-0.39, 0.29) is 5.91 Å². The highest BCUT2D eigenvalue weighted by molar-refractivity contribution is 7.08. The molecule has 2 aromatic carbocycles. The summed E-state index contributed by atoms with van der Waals surface area (Å²) in [4.78, 5) is 12.8. The Morgan fingerprint density at radius 1 is 1.21 bits per heavy atom. The zero-order valence-corrected chi connectivity index (χ0v) is 14.4. The summed E-state index contributed by atoms with van der Waals surface area (Å²) in [5.74, 6) is 1.01. The monoisotopic (exact) mass is 359 g/mol. The van der Waals surface area contributed by atoms with Crippen molar-refractivity contribution in [1.82, 2.24) is 9.59 Å². The van der Waals surface area contributed by atoms with E-state index >= 15 is 0 Å². The van der Waals surface area contributed by atoms with Crippen LogP contribution in [-0.4, -0.2) is 15.5 Å². The maximum absolute atomic E-state index is 12.2. The molecule has 0 radical (unpaired) electrons. The molecule has 0 saturated heterocycles. The number of halogens is 1. The lowest BCUT2D eigenvalue weighted by Gasteiger charge is -2.09. The highest BCUT2D eigenvalue weighted by atomic mass is 35.5. The number of para-hydroxylation sites is 1. The first kappa shape index (κ1) is 16.4. The molecule has 1 heterocycles. The Kier molecular flexibility index (Phi) is 5.08. The molecule has 0 fully saturated rings. The third-order valence-electron chi connectivity index (χ3n) is 3.27. The molecule has 0 saturated carbocycles. The van der Waals surface area contributed by atoms with E-state index in [1.165, 1.54) is 0 Å². The smallest absolute Gasteiger partial charge is 0.269 e. The predicted octanol–water partition coefficient (Wildman–Crippen LogP) is 4.80. The van der Waals surface area contributed by atoms with E-state index in [0.717, 1.165) is 11.5 Å². The van der Waals surface area contributed by atoms with Crippen molar-refractivity contribution in [2.24, 2.45) is 0 Å². The van der Waals surface area contributed by atoms with Crippen LogP contribution in [0.25, 0.3) is 0 Å². The van der Waals surface area contributed by atoms with Crippen LogP contribution >= 0.6 is 23.1 Å². The molecule has 122 valence electrons. The maximum Gasteiger partial charge on any atom is 0.269 e. The normalized spacial score (nSPS) is 10.4. The summed E-state index contributed by atoms with van der Waals surface area (Å²) in [6.07, 6.45) is 0.671. The van der Waals surface area contributed by atoms with Crippen molar-refractivity contribution in [2.75, 3.05) is 5.32 Å². The lowest BCUT2D eigenvalue weighted by atomic mass is 10.2. The predicted molar refractivity (Wildman–Crippen MR) is 95.2 cm³/mol. The first-order valence-corrected chi connectivity index (χ1v) is 8.47. The number of rotatable bonds is 5. The number of nitrogens with one attached hydrogen (secondary N) is 1. The second-order valence-corrected chi connectivity index (χ2v) is 6.07. The molecule has 3 aromatic rings. The number of carbonyl (C=O) groups is 1. The number of hydrogen-bond acceptors (Lipinski definition) is 5. The van der Waals surface area contributed by atoms with Gasteiger partial charge in [-0.3, -0.25) is 4.79 Å². The van der Waals surface area contributed by atoms with Gasteiger partial charge in [-0.2, -0.15) is 0 Å². The lowest BCUT2D eigenvalue weighted by Crippen LogP contribution is -2.12. The van der Waals surface area contributed by atoms with E-state index in [0.29, 0.717) is 39.2 Å². The van der Waals surface area contributed by atoms with Gasteiger partial charge in [0.2, 0.25) is 0 Å². The Bertz CT molecular complexity index is 849. The van der Waals surface area contributed by atoms with Crippen LogP contribution in [0, 0.1) is 0 Å². The summed E-state index contributed by atoms with van der Waals surface area (Å²) >= 11 is 7.16. The summed E-state index contributed by atoms with van der Waals surface area (Å²) in [5, 5.41) is 7.31. The molecule has 0 aliphatic carbocycles. The Labute approximate surface area is 148 Å². The molecule has 0 aliphatic rings. The minimum atomic E-state index is -0.207. The van der Waals surface area contributed by atoms with Gasteiger partial charge in [0.1, 0.15) is 16.4 Å². The maximum atomic E-state index is 12.2. The number of amides is 1. The quantitative estimate of drug-likeness (QED) is 0.710. The van der Waals surface area contributed by atoms with Gasteiger partial charge in [-0.15, -0.1) is 5.10 Å². The molecule has 1 N–H and O–H groups in total. The molecule has 3 rings (SSSR count). The topological polar surface area (TPSA) is 64.1 Å². The van der Waals surface area contributed by atoms with Gasteiger partial charge < -0.3 is 10.1 Å². The first-order valence-electron chi connectivity index (χ1n) is 7.32. The van der Waals surface area contributed by atoms with Crippen molar-refractivity contribution in [2.45, 2.75) is 13.3 Å². The zero-order valence-electron chi connectivity index (χ0n) is 12.8. The molecule has 0 aliphatic heterocycles. The number of aromatic nitrogens is 2. The van der Waals surface area contributed by atoms with Crippen LogP contribution < -0.4 is 10.1 Å². The second-order valence-electron chi connectivity index (χ2n) is 4.91. The van der Waals surface area contributed by atoms with Crippen LogP contribution in [-0.2, 0) is 6.42 Å². The second kappa shape index (κ2) is 7.42. The fourth-order valence-electron chi connectivity index (χ4n) is 2.06. The SMILES string of the molecule is CCc1nnsc1C(=O)Nc1ccc(Oc2ccccc2Cl)cc1. The number of aryl methyl sites for hydroxylation is 1. The molecule has 7 heteroatoms. The van der Waals surface area contributed by atoms with E-state index in [1.807, 2.05) is 19.1 Å². The van der Waals surface area contributed by atoms with Crippen LogP contribution in [0.15, 0.2) is 48.5 Å². The van der Waals surface area contributed by atoms with E-state index in [2.05, 4.69) is 14.9 Å². The number of anilines is 1. The molecule has 0 bridgehead atoms. The number of carbonyl (C=O) groups excluding carboxylic acids is 1. The van der Waals surface area contributed by atoms with Crippen molar-refractivity contribution in [3.63, 3.8) is 0 Å². The van der Waals surface area contributed by atoms with Gasteiger partial charge in [0.15, 0.2) is 0 Å². The Morgan fingerprint density at radius 2 is 1.96 bits per heavy atom. The molecule has 1 aromatic heterocycles. The molecule has 24 heavy (non-hydrogen) atoms. The summed E-state index contributed by atoms with van der Waals surface area (Å²) in [6, 6.07) is 14.3. The van der Waals surface area contributed by atoms with Crippen LogP contribution in [0.4, 0.5) is 5.69 Å². The fourth-order valence-corrected chi connectivity index (χ4v) is 2.88. The van der Waals surface area contributed by atoms with Gasteiger partial charge in [-0.05, 0) is 54.4 Å². The van der Waals surface area contributed by atoms with E-state index in [1.54, 1.807) is 36.4 Å². The molecular weight excluding hydrogens is 346 g/mol. The van der Waals surface area contributed by atoms with Gasteiger partial charge >= 0.3 is 0 Å². The average Bonchev–Trinajstić information content (AvgIpc) is 3.07. The number of hydrogen-bond donors (Lipinski definition) is 1. The van der Waals surface area contributed by atoms with Crippen molar-refractivity contribution in [3.05, 3.63) is 64.1 Å². The third-order valence-corrected chi connectivity index (χ3v) is 4.35. The highest BCUT2D eigenvalue weighted by Gasteiger charge is 2.15. The van der Waals surface area contributed by atoms with Crippen LogP contribution in [0.5, 0.6) is 11.5 Å². The van der Waals surface area contributed by atoms with Gasteiger partial charge in [0, 0.05) is 5.69 Å². The van der Waals surface area contributed by atoms with Crippen molar-refractivity contribution >= 4 is 34.7 Å². The first-order chi connectivity index (χ1) is 11.7. The minimum absolute atomic E-state index is 0.207. The van der Waals surface area contributed by atoms with Gasteiger partial charge in [-0.1, -0.05) is 35.1 Å². The highest BCUT2D eigenvalue weighted by Crippen LogP contribution is 2.29. The Balaban J connectivity index is 1.69. The van der Waals surface area contributed by atoms with Crippen molar-refractivity contribution < 1.29 is 9.53 Å². The van der Waals surface area contributed by atoms with E-state index < -0.39 is 0 Å². The van der Waals surface area contributed by atoms with Gasteiger partial charge in [-0.25, -0.2) is 0 Å². The van der Waals surface area contributed by atoms with Crippen molar-refractivity contribution in [1.29, 1.82) is 0 Å². The summed E-state index contributed by atoms with van der Waals surface area (Å²) in [6.45, 7) is 1.94. The van der Waals surface area contributed by atoms with Gasteiger partial charge in [0.25, 0.3) is 5.91 Å². The molecule has 0 atom stereocenters. The van der Waals surface area contributed by atoms with Gasteiger partial charge in [0.05, 0.1) is 10.7 Å². The lowest BCUT2D eigenvalue weighted by molar-refractivity contribution is 0.102. The largest absolute Gasteiger partial charge is 0.456 e. The minimum Gasteiger partial charge on any atom is -0.456 e. The Hall–Kier alpha value is -2.44. The average molecular weight is 360 g/mol. The number of nitrogens with zero attached hydrogens (tertiary/aromatic N) is 2.